The van der Waals surface area contributed by atoms with Crippen LogP contribution in [0.25, 0.3) is 63.3 Å². The summed E-state index contributed by atoms with van der Waals surface area (Å²) in [4.78, 5) is 0. The van der Waals surface area contributed by atoms with E-state index in [-0.39, 0.29) is 0 Å². The van der Waals surface area contributed by atoms with Crippen molar-refractivity contribution >= 4 is 85.9 Å². The fraction of sp³-hybridized carbons (Fsp3) is 0.0588. The summed E-state index contributed by atoms with van der Waals surface area (Å²) in [5.74, 6) is 0. The second-order valence-corrected chi connectivity index (χ2v) is 11.4. The molecule has 0 saturated heterocycles. The van der Waals surface area contributed by atoms with Gasteiger partial charge in [0.1, 0.15) is 0 Å². The minimum atomic E-state index is 1.35. The van der Waals surface area contributed by atoms with Crippen LogP contribution in [0.3, 0.4) is 0 Å². The van der Waals surface area contributed by atoms with Gasteiger partial charge in [-0.25, -0.2) is 0 Å². The largest absolute Gasteiger partial charge is 0.144 e. The molecule has 0 radical (unpaired) electrons. The fourth-order valence-electron chi connectivity index (χ4n) is 5.50. The third-order valence-electron chi connectivity index (χ3n) is 7.28. The molecule has 0 spiro atoms. The van der Waals surface area contributed by atoms with Crippen molar-refractivity contribution in [1.82, 2.24) is 0 Å². The van der Waals surface area contributed by atoms with Crippen molar-refractivity contribution in [2.45, 2.75) is 13.8 Å². The van der Waals surface area contributed by atoms with Gasteiger partial charge in [-0.05, 0) is 126 Å². The molecule has 2 heteroatoms. The van der Waals surface area contributed by atoms with Crippen LogP contribution in [0.2, 0.25) is 0 Å². The van der Waals surface area contributed by atoms with E-state index >= 15 is 0 Å². The Morgan fingerprint density at radius 2 is 0.806 bits per heavy atom. The maximum atomic E-state index is 2.32. The molecule has 0 N–H and O–H groups in total. The van der Waals surface area contributed by atoms with E-state index in [1.807, 2.05) is 22.7 Å². The molecule has 0 unspecified atom stereocenters. The van der Waals surface area contributed by atoms with Crippen LogP contribution in [0.1, 0.15) is 11.1 Å². The van der Waals surface area contributed by atoms with Gasteiger partial charge in [0.15, 0.2) is 0 Å². The number of aryl methyl sites for hydroxylation is 2. The SMILES string of the molecule is Cc1cc2cc3sccc3cc2c2ccccc12.Cc1cc2cc3sccc3cc2c2ccccc12. The molecule has 2 aromatic heterocycles. The van der Waals surface area contributed by atoms with Gasteiger partial charge < -0.3 is 0 Å². The fourth-order valence-corrected chi connectivity index (χ4v) is 7.14. The van der Waals surface area contributed by atoms with Crippen molar-refractivity contribution in [3.63, 3.8) is 0 Å². The summed E-state index contributed by atoms with van der Waals surface area (Å²) < 4.78 is 2.74. The van der Waals surface area contributed by atoms with Crippen LogP contribution in [0.4, 0.5) is 0 Å². The lowest BCUT2D eigenvalue weighted by Gasteiger charge is -2.07. The van der Waals surface area contributed by atoms with Crippen molar-refractivity contribution in [2.75, 3.05) is 0 Å². The van der Waals surface area contributed by atoms with Gasteiger partial charge in [0.2, 0.25) is 0 Å². The van der Waals surface area contributed by atoms with Crippen LogP contribution in [0, 0.1) is 13.8 Å². The van der Waals surface area contributed by atoms with E-state index in [2.05, 4.69) is 122 Å². The first-order chi connectivity index (χ1) is 17.7. The maximum absolute atomic E-state index is 2.32. The molecule has 0 aliphatic carbocycles. The smallest absolute Gasteiger partial charge is 0.0349 e. The molecule has 8 aromatic rings. The summed E-state index contributed by atoms with van der Waals surface area (Å²) in [6, 6.07) is 35.6. The van der Waals surface area contributed by atoms with Crippen LogP contribution in [-0.4, -0.2) is 0 Å². The molecule has 0 nitrogen and oxygen atoms in total. The number of rotatable bonds is 0. The molecule has 6 aromatic carbocycles. The Bertz CT molecular complexity index is 1920. The molecular weight excluding hydrogens is 473 g/mol. The maximum Gasteiger partial charge on any atom is 0.0349 e. The number of fused-ring (bicyclic) bond motifs is 8. The van der Waals surface area contributed by atoms with Crippen LogP contribution in [0.5, 0.6) is 0 Å². The van der Waals surface area contributed by atoms with Crippen LogP contribution < -0.4 is 0 Å². The molecule has 8 rings (SSSR count). The Hall–Kier alpha value is -3.72. The quantitative estimate of drug-likeness (QED) is 0.183. The van der Waals surface area contributed by atoms with Gasteiger partial charge in [0.05, 0.1) is 0 Å². The van der Waals surface area contributed by atoms with Gasteiger partial charge in [-0.2, -0.15) is 0 Å². The number of hydrogen-bond donors (Lipinski definition) is 0. The Labute approximate surface area is 218 Å². The van der Waals surface area contributed by atoms with Crippen LogP contribution >= 0.6 is 22.7 Å². The van der Waals surface area contributed by atoms with Crippen molar-refractivity contribution in [1.29, 1.82) is 0 Å². The van der Waals surface area contributed by atoms with Crippen molar-refractivity contribution < 1.29 is 0 Å². The Kier molecular flexibility index (Phi) is 5.06. The van der Waals surface area contributed by atoms with E-state index in [0.717, 1.165) is 0 Å². The van der Waals surface area contributed by atoms with E-state index in [0.29, 0.717) is 0 Å². The zero-order chi connectivity index (χ0) is 24.2. The molecule has 0 fully saturated rings. The summed E-state index contributed by atoms with van der Waals surface area (Å²) >= 11 is 3.63. The lowest BCUT2D eigenvalue weighted by atomic mass is 9.97. The Morgan fingerprint density at radius 1 is 0.389 bits per heavy atom. The highest BCUT2D eigenvalue weighted by molar-refractivity contribution is 7.17. The average Bonchev–Trinajstić information content (AvgIpc) is 3.56. The first kappa shape index (κ1) is 21.6. The van der Waals surface area contributed by atoms with Crippen LogP contribution in [0.15, 0.2) is 108 Å². The third-order valence-corrected chi connectivity index (χ3v) is 9.04. The summed E-state index contributed by atoms with van der Waals surface area (Å²) in [6.07, 6.45) is 0. The van der Waals surface area contributed by atoms with Gasteiger partial charge >= 0.3 is 0 Å². The lowest BCUT2D eigenvalue weighted by Crippen LogP contribution is -1.81. The number of thiophene rings is 2. The molecule has 0 atom stereocenters. The van der Waals surface area contributed by atoms with E-state index in [1.165, 1.54) is 74.4 Å². The van der Waals surface area contributed by atoms with E-state index in [1.54, 1.807) is 0 Å². The molecule has 172 valence electrons. The van der Waals surface area contributed by atoms with Crippen molar-refractivity contribution in [3.05, 3.63) is 119 Å². The third kappa shape index (κ3) is 3.49. The molecule has 0 saturated carbocycles. The minimum Gasteiger partial charge on any atom is -0.144 e. The topological polar surface area (TPSA) is 0 Å². The Morgan fingerprint density at radius 3 is 1.25 bits per heavy atom. The molecule has 0 bridgehead atoms. The molecule has 36 heavy (non-hydrogen) atoms. The van der Waals surface area contributed by atoms with Crippen molar-refractivity contribution in [2.24, 2.45) is 0 Å². The van der Waals surface area contributed by atoms with Gasteiger partial charge in [-0.1, -0.05) is 60.7 Å². The van der Waals surface area contributed by atoms with E-state index in [9.17, 15) is 0 Å². The molecular formula is C34H24S2. The lowest BCUT2D eigenvalue weighted by molar-refractivity contribution is 1.56. The summed E-state index contributed by atoms with van der Waals surface area (Å²) in [6.45, 7) is 4.39. The zero-order valence-electron chi connectivity index (χ0n) is 20.2. The predicted octanol–water partition coefficient (Wildman–Crippen LogP) is 11.0. The van der Waals surface area contributed by atoms with Gasteiger partial charge in [0.25, 0.3) is 0 Å². The number of benzene rings is 6. The summed E-state index contributed by atoms with van der Waals surface area (Å²) in [5, 5.41) is 17.9. The Balaban J connectivity index is 0.000000122. The van der Waals surface area contributed by atoms with Gasteiger partial charge in [-0.3, -0.25) is 0 Å². The highest BCUT2D eigenvalue weighted by Gasteiger charge is 2.07. The minimum absolute atomic E-state index is 1.35. The zero-order valence-corrected chi connectivity index (χ0v) is 21.8. The van der Waals surface area contributed by atoms with Gasteiger partial charge in [-0.15, -0.1) is 22.7 Å². The predicted molar refractivity (Wildman–Crippen MR) is 163 cm³/mol. The summed E-state index contributed by atoms with van der Waals surface area (Å²) in [7, 11) is 0. The first-order valence-electron chi connectivity index (χ1n) is 12.2. The second-order valence-electron chi connectivity index (χ2n) is 9.54. The van der Waals surface area contributed by atoms with Gasteiger partial charge in [0, 0.05) is 9.40 Å². The number of hydrogen-bond acceptors (Lipinski definition) is 2. The standard InChI is InChI=1S/2C17H12S/c2*1-11-8-13-10-17-12(6-7-18-17)9-16(13)15-5-3-2-4-14(11)15/h2*2-10H,1H3. The molecule has 2 heterocycles. The molecule has 0 amide bonds. The average molecular weight is 497 g/mol. The van der Waals surface area contributed by atoms with E-state index in [4.69, 9.17) is 0 Å². The highest BCUT2D eigenvalue weighted by atomic mass is 32.1. The summed E-state index contributed by atoms with van der Waals surface area (Å²) in [5.41, 5.74) is 2.71. The van der Waals surface area contributed by atoms with Crippen molar-refractivity contribution in [3.8, 4) is 0 Å². The monoisotopic (exact) mass is 496 g/mol. The van der Waals surface area contributed by atoms with Crippen LogP contribution in [-0.2, 0) is 0 Å². The molecule has 0 aliphatic rings. The normalized spacial score (nSPS) is 11.6. The first-order valence-corrected chi connectivity index (χ1v) is 14.0. The molecule has 0 aliphatic heterocycles. The highest BCUT2D eigenvalue weighted by Crippen LogP contribution is 2.34. The van der Waals surface area contributed by atoms with E-state index < -0.39 is 0 Å². The second kappa shape index (κ2) is 8.44.